The van der Waals surface area contributed by atoms with E-state index in [1.807, 2.05) is 0 Å². The third kappa shape index (κ3) is 6.53. The first-order valence-electron chi connectivity index (χ1n) is 13.1. The van der Waals surface area contributed by atoms with Gasteiger partial charge in [-0.15, -0.1) is 0 Å². The van der Waals surface area contributed by atoms with Crippen LogP contribution in [-0.2, 0) is 33.9 Å². The molecule has 2 heterocycles. The zero-order valence-corrected chi connectivity index (χ0v) is 25.3. The van der Waals surface area contributed by atoms with E-state index in [2.05, 4.69) is 10.3 Å². The maximum atomic E-state index is 14.3. The van der Waals surface area contributed by atoms with Crippen molar-refractivity contribution < 1.29 is 26.4 Å². The Hall–Kier alpha value is -2.87. The first-order valence-corrected chi connectivity index (χ1v) is 15.5. The van der Waals surface area contributed by atoms with Crippen molar-refractivity contribution in [1.29, 1.82) is 0 Å². The van der Waals surface area contributed by atoms with E-state index in [9.17, 15) is 36.0 Å². The van der Waals surface area contributed by atoms with Gasteiger partial charge in [0.2, 0.25) is 5.91 Å². The van der Waals surface area contributed by atoms with Crippen LogP contribution in [-0.4, -0.2) is 53.7 Å². The Morgan fingerprint density at radius 3 is 2.48 bits per heavy atom. The second kappa shape index (κ2) is 12.0. The number of alkyl halides is 3. The maximum absolute atomic E-state index is 14.3. The average Bonchev–Trinajstić information content (AvgIpc) is 3.34. The number of nitrogens with zero attached hydrogens (tertiary/aromatic N) is 2. The van der Waals surface area contributed by atoms with Crippen LogP contribution in [0.1, 0.15) is 43.9 Å². The van der Waals surface area contributed by atoms with E-state index >= 15 is 0 Å². The van der Waals surface area contributed by atoms with Crippen molar-refractivity contribution >= 4 is 49.8 Å². The lowest BCUT2D eigenvalue weighted by atomic mass is 10.0. The number of sulfone groups is 1. The second-order valence-corrected chi connectivity index (χ2v) is 13.6. The molecule has 0 bridgehead atoms. The number of amides is 1. The quantitative estimate of drug-likeness (QED) is 0.378. The van der Waals surface area contributed by atoms with Crippen molar-refractivity contribution in [1.82, 2.24) is 19.8 Å². The van der Waals surface area contributed by atoms with E-state index in [0.29, 0.717) is 30.1 Å². The summed E-state index contributed by atoms with van der Waals surface area (Å²) in [6.07, 6.45) is -4.35. The van der Waals surface area contributed by atoms with E-state index in [1.54, 1.807) is 18.7 Å². The molecule has 9 nitrogen and oxygen atoms in total. The predicted molar refractivity (Wildman–Crippen MR) is 154 cm³/mol. The maximum Gasteiger partial charge on any atom is 0.416 e. The highest BCUT2D eigenvalue weighted by atomic mass is 35.5. The van der Waals surface area contributed by atoms with Crippen LogP contribution >= 0.6 is 23.2 Å². The molecule has 1 saturated heterocycles. The van der Waals surface area contributed by atoms with Crippen LogP contribution in [0.2, 0.25) is 10.0 Å². The van der Waals surface area contributed by atoms with E-state index in [-0.39, 0.29) is 56.7 Å². The lowest BCUT2D eigenvalue weighted by molar-refractivity contribution is -0.138. The number of hydrogen-bond acceptors (Lipinski definition) is 6. The fraction of sp³-hybridized carbons (Fsp3) is 0.444. The van der Waals surface area contributed by atoms with Crippen molar-refractivity contribution in [3.63, 3.8) is 0 Å². The summed E-state index contributed by atoms with van der Waals surface area (Å²) in [7, 11) is -3.78. The van der Waals surface area contributed by atoms with Gasteiger partial charge in [0, 0.05) is 36.6 Å². The molecule has 0 radical (unpaired) electrons. The van der Waals surface area contributed by atoms with Crippen molar-refractivity contribution in [2.24, 2.45) is 5.92 Å². The van der Waals surface area contributed by atoms with Gasteiger partial charge in [0.05, 0.1) is 38.7 Å². The SMILES string of the molecule is CCS(=O)(=O)c1ccc(Cl)cc1Cn1c(=O)[nH]c2c(Cl)c(CN3CC[C@@H](NC(=O)C(C)C)C3)c(C(F)(F)F)cc2c1=O. The van der Waals surface area contributed by atoms with E-state index in [1.165, 1.54) is 25.1 Å². The zero-order chi connectivity index (χ0) is 31.1. The summed E-state index contributed by atoms with van der Waals surface area (Å²) in [5.41, 5.74) is -3.75. The molecule has 1 aromatic heterocycles. The molecule has 15 heteroatoms. The van der Waals surface area contributed by atoms with Crippen LogP contribution in [0.25, 0.3) is 10.9 Å². The van der Waals surface area contributed by atoms with E-state index < -0.39 is 49.8 Å². The van der Waals surface area contributed by atoms with Gasteiger partial charge < -0.3 is 10.3 Å². The van der Waals surface area contributed by atoms with E-state index in [4.69, 9.17) is 23.2 Å². The van der Waals surface area contributed by atoms with Crippen LogP contribution in [0.5, 0.6) is 0 Å². The number of H-pyrrole nitrogens is 1. The molecule has 1 aliphatic heterocycles. The van der Waals surface area contributed by atoms with Gasteiger partial charge in [0.25, 0.3) is 5.56 Å². The minimum Gasteiger partial charge on any atom is -0.352 e. The van der Waals surface area contributed by atoms with Crippen molar-refractivity contribution in [3.8, 4) is 0 Å². The normalized spacial score (nSPS) is 16.5. The first kappa shape index (κ1) is 32.1. The summed E-state index contributed by atoms with van der Waals surface area (Å²) in [6, 6.07) is 4.29. The van der Waals surface area contributed by atoms with Gasteiger partial charge in [-0.2, -0.15) is 13.2 Å². The fourth-order valence-electron chi connectivity index (χ4n) is 4.93. The smallest absolute Gasteiger partial charge is 0.352 e. The molecular formula is C27H29Cl2F3N4O5S. The topological polar surface area (TPSA) is 121 Å². The van der Waals surface area contributed by atoms with Gasteiger partial charge in [0.1, 0.15) is 0 Å². The molecule has 2 aromatic carbocycles. The molecule has 228 valence electrons. The Bertz CT molecular complexity index is 1770. The van der Waals surface area contributed by atoms with Gasteiger partial charge in [0.15, 0.2) is 9.84 Å². The highest BCUT2D eigenvalue weighted by Crippen LogP contribution is 2.39. The number of aromatic amines is 1. The van der Waals surface area contributed by atoms with Gasteiger partial charge >= 0.3 is 11.9 Å². The molecule has 1 aliphatic rings. The van der Waals surface area contributed by atoms with Crippen molar-refractivity contribution in [2.75, 3.05) is 18.8 Å². The zero-order valence-electron chi connectivity index (χ0n) is 22.9. The highest BCUT2D eigenvalue weighted by molar-refractivity contribution is 7.91. The predicted octanol–water partition coefficient (Wildman–Crippen LogP) is 4.20. The molecule has 42 heavy (non-hydrogen) atoms. The molecule has 4 rings (SSSR count). The molecule has 0 spiro atoms. The van der Waals surface area contributed by atoms with Gasteiger partial charge in [-0.3, -0.25) is 19.1 Å². The van der Waals surface area contributed by atoms with Gasteiger partial charge in [-0.25, -0.2) is 13.2 Å². The molecule has 2 N–H and O–H groups in total. The largest absolute Gasteiger partial charge is 0.416 e. The second-order valence-electron chi connectivity index (χ2n) is 10.5. The van der Waals surface area contributed by atoms with Crippen LogP contribution in [0.15, 0.2) is 38.8 Å². The molecule has 0 unspecified atom stereocenters. The Kier molecular flexibility index (Phi) is 9.17. The number of fused-ring (bicyclic) bond motifs is 1. The number of aromatic nitrogens is 2. The number of carbonyl (C=O) groups excluding carboxylic acids is 1. The summed E-state index contributed by atoms with van der Waals surface area (Å²) in [5.74, 6) is -0.666. The Morgan fingerprint density at radius 1 is 1.17 bits per heavy atom. The Balaban J connectivity index is 1.79. The Morgan fingerprint density at radius 2 is 1.86 bits per heavy atom. The molecule has 1 amide bonds. The molecule has 3 aromatic rings. The number of carbonyl (C=O) groups is 1. The van der Waals surface area contributed by atoms with Gasteiger partial charge in [-0.05, 0) is 41.8 Å². The monoisotopic (exact) mass is 648 g/mol. The van der Waals surface area contributed by atoms with Crippen LogP contribution < -0.4 is 16.6 Å². The van der Waals surface area contributed by atoms with Crippen LogP contribution in [0, 0.1) is 5.92 Å². The molecule has 0 saturated carbocycles. The third-order valence-corrected chi connectivity index (χ3v) is 9.70. The summed E-state index contributed by atoms with van der Waals surface area (Å²) >= 11 is 12.5. The van der Waals surface area contributed by atoms with Crippen LogP contribution in [0.3, 0.4) is 0 Å². The van der Waals surface area contributed by atoms with Crippen molar-refractivity contribution in [2.45, 2.75) is 57.4 Å². The first-order chi connectivity index (χ1) is 19.5. The van der Waals surface area contributed by atoms with Crippen molar-refractivity contribution in [3.05, 3.63) is 71.8 Å². The average molecular weight is 650 g/mol. The number of hydrogen-bond donors (Lipinski definition) is 2. The van der Waals surface area contributed by atoms with Crippen LogP contribution in [0.4, 0.5) is 13.2 Å². The summed E-state index contributed by atoms with van der Waals surface area (Å²) in [4.78, 5) is 42.5. The minimum absolute atomic E-state index is 0.0307. The molecule has 1 atom stereocenters. The standard InChI is InChI=1S/C27H29Cl2F3N4O5S/c1-4-42(40,41)21-6-5-16(28)9-15(21)11-36-25(38)18-10-20(27(30,31)32)19(22(29)23(18)34-26(36)39)13-35-8-7-17(12-35)33-24(37)14(2)3/h5-6,9-10,14,17H,4,7-8,11-13H2,1-3H3,(H,33,37)(H,34,39)/t17-/m1/s1. The summed E-state index contributed by atoms with van der Waals surface area (Å²) in [5, 5.41) is 2.11. The fourth-order valence-corrected chi connectivity index (χ4v) is 6.55. The summed E-state index contributed by atoms with van der Waals surface area (Å²) < 4.78 is 68.7. The van der Waals surface area contributed by atoms with E-state index in [0.717, 1.165) is 0 Å². The lowest BCUT2D eigenvalue weighted by Gasteiger charge is -2.22. The summed E-state index contributed by atoms with van der Waals surface area (Å²) in [6.45, 7) is 4.80. The highest BCUT2D eigenvalue weighted by Gasteiger charge is 2.37. The number of halogens is 5. The lowest BCUT2D eigenvalue weighted by Crippen LogP contribution is -2.39. The number of benzene rings is 2. The number of nitrogens with one attached hydrogen (secondary N) is 2. The number of likely N-dealkylation sites (tertiary alicyclic amines) is 1. The molecule has 0 aliphatic carbocycles. The minimum atomic E-state index is -4.89. The van der Waals surface area contributed by atoms with Gasteiger partial charge in [-0.1, -0.05) is 44.0 Å². The Labute approximate surface area is 249 Å². The molecular weight excluding hydrogens is 620 g/mol. The third-order valence-electron chi connectivity index (χ3n) is 7.22. The molecule has 1 fully saturated rings. The number of rotatable bonds is 8.